The van der Waals surface area contributed by atoms with E-state index in [1.807, 2.05) is 11.0 Å². The summed E-state index contributed by atoms with van der Waals surface area (Å²) in [6.07, 6.45) is 6.88. The summed E-state index contributed by atoms with van der Waals surface area (Å²) in [6, 6.07) is 3.59. The minimum absolute atomic E-state index is 0.376. The molecule has 1 saturated heterocycles. The Kier molecular flexibility index (Phi) is 3.90. The quantitative estimate of drug-likeness (QED) is 0.844. The molecule has 136 valence electrons. The zero-order chi connectivity index (χ0) is 18.3. The van der Waals surface area contributed by atoms with E-state index in [-0.39, 0.29) is 0 Å². The number of fused-ring (bicyclic) bond motifs is 1. The van der Waals surface area contributed by atoms with E-state index in [1.165, 1.54) is 4.68 Å². The molecule has 3 N–H and O–H groups in total. The summed E-state index contributed by atoms with van der Waals surface area (Å²) in [5.41, 5.74) is 7.05. The van der Waals surface area contributed by atoms with Crippen LogP contribution in [0.15, 0.2) is 24.5 Å². The number of aliphatic carboxylic acids is 1. The smallest absolute Gasteiger partial charge is 0.331 e. The Labute approximate surface area is 150 Å². The molecule has 1 amide bonds. The Bertz CT molecular complexity index is 854. The van der Waals surface area contributed by atoms with Gasteiger partial charge in [-0.25, -0.2) is 9.78 Å². The van der Waals surface area contributed by atoms with Crippen molar-refractivity contribution in [3.63, 3.8) is 0 Å². The number of amides is 1. The zero-order valence-electron chi connectivity index (χ0n) is 14.4. The number of piperidine rings is 1. The number of rotatable bonds is 4. The van der Waals surface area contributed by atoms with Crippen LogP contribution in [0.2, 0.25) is 0 Å². The van der Waals surface area contributed by atoms with E-state index in [2.05, 4.69) is 5.10 Å². The van der Waals surface area contributed by atoms with Crippen molar-refractivity contribution in [3.05, 3.63) is 41.3 Å². The lowest BCUT2D eigenvalue weighted by Gasteiger charge is -2.39. The van der Waals surface area contributed by atoms with E-state index < -0.39 is 17.4 Å². The van der Waals surface area contributed by atoms with Gasteiger partial charge in [0.25, 0.3) is 5.91 Å². The highest BCUT2D eigenvalue weighted by atomic mass is 16.4. The van der Waals surface area contributed by atoms with Crippen LogP contribution in [0.25, 0.3) is 0 Å². The van der Waals surface area contributed by atoms with Crippen molar-refractivity contribution in [2.45, 2.75) is 37.6 Å². The van der Waals surface area contributed by atoms with Crippen LogP contribution in [0, 0.1) is 0 Å². The molecule has 0 saturated carbocycles. The van der Waals surface area contributed by atoms with Crippen LogP contribution >= 0.6 is 0 Å². The lowest BCUT2D eigenvalue weighted by Crippen LogP contribution is -2.51. The van der Waals surface area contributed by atoms with Gasteiger partial charge in [-0.2, -0.15) is 5.10 Å². The van der Waals surface area contributed by atoms with Gasteiger partial charge in [0.15, 0.2) is 5.54 Å². The Morgan fingerprint density at radius 1 is 1.23 bits per heavy atom. The molecule has 0 spiro atoms. The summed E-state index contributed by atoms with van der Waals surface area (Å²) in [4.78, 5) is 30.6. The Morgan fingerprint density at radius 2 is 2.00 bits per heavy atom. The molecule has 0 unspecified atom stereocenters. The first-order valence-electron chi connectivity index (χ1n) is 8.82. The molecule has 1 aliphatic heterocycles. The van der Waals surface area contributed by atoms with Gasteiger partial charge in [0.05, 0.1) is 5.56 Å². The van der Waals surface area contributed by atoms with Gasteiger partial charge in [0.2, 0.25) is 0 Å². The number of anilines is 1. The van der Waals surface area contributed by atoms with E-state index in [0.29, 0.717) is 37.3 Å². The Morgan fingerprint density at radius 3 is 2.62 bits per heavy atom. The molecule has 3 heterocycles. The van der Waals surface area contributed by atoms with Crippen molar-refractivity contribution in [3.8, 4) is 0 Å². The van der Waals surface area contributed by atoms with Crippen molar-refractivity contribution in [2.24, 2.45) is 5.73 Å². The average Bonchev–Trinajstić information content (AvgIpc) is 3.32. The van der Waals surface area contributed by atoms with Crippen LogP contribution in [0.3, 0.4) is 0 Å². The van der Waals surface area contributed by atoms with Gasteiger partial charge in [-0.05, 0) is 37.0 Å². The molecule has 1 fully saturated rings. The predicted molar refractivity (Wildman–Crippen MR) is 94.1 cm³/mol. The molecule has 0 atom stereocenters. The molecule has 26 heavy (non-hydrogen) atoms. The highest BCUT2D eigenvalue weighted by Gasteiger charge is 2.44. The van der Waals surface area contributed by atoms with Crippen LogP contribution in [-0.4, -0.2) is 44.8 Å². The number of carbonyl (C=O) groups excluding carboxylic acids is 1. The van der Waals surface area contributed by atoms with E-state index in [1.54, 1.807) is 18.5 Å². The maximum absolute atomic E-state index is 12.0. The van der Waals surface area contributed by atoms with Crippen molar-refractivity contribution in [1.29, 1.82) is 0 Å². The molecule has 8 nitrogen and oxygen atoms in total. The second-order valence-corrected chi connectivity index (χ2v) is 6.96. The zero-order valence-corrected chi connectivity index (χ0v) is 14.4. The minimum atomic E-state index is -1.07. The highest BCUT2D eigenvalue weighted by Crippen LogP contribution is 2.34. The topological polar surface area (TPSA) is 114 Å². The second-order valence-electron chi connectivity index (χ2n) is 6.96. The lowest BCUT2D eigenvalue weighted by atomic mass is 9.87. The van der Waals surface area contributed by atoms with Crippen molar-refractivity contribution in [1.82, 2.24) is 14.8 Å². The lowest BCUT2D eigenvalue weighted by molar-refractivity contribution is -0.149. The first kappa shape index (κ1) is 16.6. The first-order valence-corrected chi connectivity index (χ1v) is 8.82. The van der Waals surface area contributed by atoms with Crippen LogP contribution in [-0.2, 0) is 23.2 Å². The second kappa shape index (κ2) is 6.12. The number of carboxylic acid groups (broad SMARTS) is 1. The van der Waals surface area contributed by atoms with E-state index in [0.717, 1.165) is 30.5 Å². The summed E-state index contributed by atoms with van der Waals surface area (Å²) >= 11 is 0. The standard InChI is InChI=1S/C18H21N5O3/c19-15(24)13-11-12-3-1-4-14(12)21-16(13)22-9-5-18(6-10-22,17(25)26)23-8-2-7-20-23/h2,7-8,11H,1,3-6,9-10H2,(H2,19,24)(H,25,26). The molecule has 2 aromatic rings. The Hall–Kier alpha value is -2.90. The average molecular weight is 355 g/mol. The van der Waals surface area contributed by atoms with Gasteiger partial charge >= 0.3 is 5.97 Å². The molecule has 4 rings (SSSR count). The molecular weight excluding hydrogens is 334 g/mol. The fourth-order valence-electron chi connectivity index (χ4n) is 4.03. The molecule has 2 aromatic heterocycles. The molecule has 0 aromatic carbocycles. The maximum Gasteiger partial charge on any atom is 0.331 e. The van der Waals surface area contributed by atoms with Crippen LogP contribution in [0.5, 0.6) is 0 Å². The van der Waals surface area contributed by atoms with Crippen LogP contribution in [0.4, 0.5) is 5.82 Å². The molecule has 0 radical (unpaired) electrons. The summed E-state index contributed by atoms with van der Waals surface area (Å²) in [7, 11) is 0. The van der Waals surface area contributed by atoms with Gasteiger partial charge in [-0.3, -0.25) is 9.48 Å². The number of carboxylic acids is 1. The summed E-state index contributed by atoms with van der Waals surface area (Å²) in [6.45, 7) is 0.941. The van der Waals surface area contributed by atoms with Crippen LogP contribution in [0.1, 0.15) is 40.9 Å². The third-order valence-electron chi connectivity index (χ3n) is 5.53. The van der Waals surface area contributed by atoms with Gasteiger partial charge in [0, 0.05) is 44.0 Å². The van der Waals surface area contributed by atoms with Crippen molar-refractivity contribution in [2.75, 3.05) is 18.0 Å². The van der Waals surface area contributed by atoms with Crippen LogP contribution < -0.4 is 10.6 Å². The third-order valence-corrected chi connectivity index (χ3v) is 5.53. The molecule has 0 bridgehead atoms. The molecule has 8 heteroatoms. The summed E-state index contributed by atoms with van der Waals surface area (Å²) < 4.78 is 1.53. The molecule has 2 aliphatic rings. The summed E-state index contributed by atoms with van der Waals surface area (Å²) in [5, 5.41) is 14.0. The van der Waals surface area contributed by atoms with Crippen molar-refractivity contribution >= 4 is 17.7 Å². The number of hydrogen-bond donors (Lipinski definition) is 2. The summed E-state index contributed by atoms with van der Waals surface area (Å²) in [5.74, 6) is -0.806. The number of pyridine rings is 1. The molecular formula is C18H21N5O3. The maximum atomic E-state index is 12.0. The van der Waals surface area contributed by atoms with Gasteiger partial charge in [-0.1, -0.05) is 0 Å². The predicted octanol–water partition coefficient (Wildman–Crippen LogP) is 0.946. The molecule has 1 aliphatic carbocycles. The minimum Gasteiger partial charge on any atom is -0.479 e. The van der Waals surface area contributed by atoms with E-state index in [9.17, 15) is 14.7 Å². The normalized spacial score (nSPS) is 18.5. The third kappa shape index (κ3) is 2.53. The Balaban J connectivity index is 1.64. The number of carbonyl (C=O) groups is 2. The van der Waals surface area contributed by atoms with Gasteiger partial charge in [-0.15, -0.1) is 0 Å². The fraction of sp³-hybridized carbons (Fsp3) is 0.444. The number of primary amides is 1. The number of aromatic nitrogens is 3. The van der Waals surface area contributed by atoms with E-state index >= 15 is 0 Å². The first-order chi connectivity index (χ1) is 12.5. The van der Waals surface area contributed by atoms with Crippen molar-refractivity contribution < 1.29 is 14.7 Å². The SMILES string of the molecule is NC(=O)c1cc2c(nc1N1CCC(C(=O)O)(n3cccn3)CC1)CCC2. The monoisotopic (exact) mass is 355 g/mol. The van der Waals surface area contributed by atoms with Gasteiger partial charge < -0.3 is 15.7 Å². The highest BCUT2D eigenvalue weighted by molar-refractivity contribution is 5.98. The van der Waals surface area contributed by atoms with Gasteiger partial charge in [0.1, 0.15) is 5.82 Å². The number of hydrogen-bond acceptors (Lipinski definition) is 5. The number of nitrogens with zero attached hydrogens (tertiary/aromatic N) is 4. The fourth-order valence-corrected chi connectivity index (χ4v) is 4.03. The number of nitrogens with two attached hydrogens (primary N) is 1. The number of aryl methyl sites for hydroxylation is 2. The van der Waals surface area contributed by atoms with E-state index in [4.69, 9.17) is 10.7 Å². The largest absolute Gasteiger partial charge is 0.479 e.